The van der Waals surface area contributed by atoms with Gasteiger partial charge in [-0.1, -0.05) is 44.9 Å². The van der Waals surface area contributed by atoms with Crippen LogP contribution in [0.15, 0.2) is 29.2 Å². The van der Waals surface area contributed by atoms with Gasteiger partial charge >= 0.3 is 0 Å². The minimum Gasteiger partial charge on any atom is -0.353 e. The summed E-state index contributed by atoms with van der Waals surface area (Å²) in [4.78, 5) is 30.3. The molecule has 1 aliphatic heterocycles. The molecule has 2 amide bonds. The van der Waals surface area contributed by atoms with Gasteiger partial charge in [0.2, 0.25) is 5.91 Å². The summed E-state index contributed by atoms with van der Waals surface area (Å²) in [7, 11) is 0. The molecular formula is C23H32FN3O2S. The number of carbonyl (C=O) groups is 2. The maximum Gasteiger partial charge on any atom is 0.261 e. The normalized spacial score (nSPS) is 23.0. The zero-order valence-corrected chi connectivity index (χ0v) is 18.7. The lowest BCUT2D eigenvalue weighted by Crippen LogP contribution is -2.54. The van der Waals surface area contributed by atoms with Crippen molar-refractivity contribution in [3.8, 4) is 0 Å². The van der Waals surface area contributed by atoms with Gasteiger partial charge in [-0.05, 0) is 38.1 Å². The Morgan fingerprint density at radius 2 is 2.00 bits per heavy atom. The van der Waals surface area contributed by atoms with Gasteiger partial charge in [0, 0.05) is 29.9 Å². The monoisotopic (exact) mass is 433 g/mol. The van der Waals surface area contributed by atoms with Crippen LogP contribution in [0.1, 0.15) is 45.1 Å². The van der Waals surface area contributed by atoms with Crippen molar-refractivity contribution < 1.29 is 14.0 Å². The molecule has 1 aliphatic carbocycles. The quantitative estimate of drug-likeness (QED) is 0.638. The van der Waals surface area contributed by atoms with Crippen LogP contribution in [0, 0.1) is 5.82 Å². The van der Waals surface area contributed by atoms with E-state index in [1.54, 1.807) is 40.9 Å². The second-order valence-corrected chi connectivity index (χ2v) is 9.13. The van der Waals surface area contributed by atoms with Crippen LogP contribution in [-0.2, 0) is 9.59 Å². The van der Waals surface area contributed by atoms with Crippen LogP contribution in [0.2, 0.25) is 0 Å². The van der Waals surface area contributed by atoms with Crippen LogP contribution in [-0.4, -0.2) is 65.6 Å². The number of rotatable bonds is 8. The van der Waals surface area contributed by atoms with Crippen LogP contribution in [0.4, 0.5) is 4.39 Å². The van der Waals surface area contributed by atoms with E-state index in [2.05, 4.69) is 24.1 Å². The van der Waals surface area contributed by atoms with Gasteiger partial charge in [-0.3, -0.25) is 9.59 Å². The molecule has 5 nitrogen and oxygen atoms in total. The number of thioether (sulfide) groups is 1. The molecule has 7 heteroatoms. The summed E-state index contributed by atoms with van der Waals surface area (Å²) in [5.74, 6) is -0.632. The van der Waals surface area contributed by atoms with Crippen LogP contribution in [0.5, 0.6) is 0 Å². The topological polar surface area (TPSA) is 52.7 Å². The van der Waals surface area contributed by atoms with Crippen molar-refractivity contribution in [3.05, 3.63) is 40.6 Å². The number of carbonyl (C=O) groups excluding carboxylic acids is 2. The zero-order chi connectivity index (χ0) is 21.5. The van der Waals surface area contributed by atoms with Gasteiger partial charge in [0.15, 0.2) is 0 Å². The molecule has 3 rings (SSSR count). The summed E-state index contributed by atoms with van der Waals surface area (Å²) in [5.41, 5.74) is 0.409. The average Bonchev–Trinajstić information content (AvgIpc) is 2.75. The van der Waals surface area contributed by atoms with Gasteiger partial charge in [0.25, 0.3) is 5.91 Å². The molecule has 2 atom stereocenters. The summed E-state index contributed by atoms with van der Waals surface area (Å²) in [5, 5.41) is 3.22. The number of halogens is 1. The van der Waals surface area contributed by atoms with E-state index in [0.717, 1.165) is 45.3 Å². The van der Waals surface area contributed by atoms with E-state index in [4.69, 9.17) is 0 Å². The molecule has 1 saturated carbocycles. The van der Waals surface area contributed by atoms with Crippen molar-refractivity contribution in [3.63, 3.8) is 0 Å². The molecule has 0 aromatic heterocycles. The fraction of sp³-hybridized carbons (Fsp3) is 0.565. The van der Waals surface area contributed by atoms with E-state index in [1.165, 1.54) is 6.07 Å². The molecule has 2 unspecified atom stereocenters. The number of nitrogens with one attached hydrogen (secondary N) is 1. The fourth-order valence-corrected chi connectivity index (χ4v) is 5.66. The highest BCUT2D eigenvalue weighted by Crippen LogP contribution is 2.42. The number of likely N-dealkylation sites (N-methyl/N-ethyl adjacent to an activating group) is 1. The minimum atomic E-state index is -0.343. The summed E-state index contributed by atoms with van der Waals surface area (Å²) in [6, 6.07) is 6.54. The lowest BCUT2D eigenvalue weighted by molar-refractivity contribution is -0.135. The highest BCUT2D eigenvalue weighted by molar-refractivity contribution is 8.04. The lowest BCUT2D eigenvalue weighted by atomic mass is 9.93. The number of hydrogen-bond donors (Lipinski definition) is 1. The molecule has 30 heavy (non-hydrogen) atoms. The predicted octanol–water partition coefficient (Wildman–Crippen LogP) is 3.51. The number of fused-ring (bicyclic) bond motifs is 1. The Labute approximate surface area is 183 Å². The van der Waals surface area contributed by atoms with Crippen molar-refractivity contribution in [2.45, 2.75) is 50.8 Å². The second kappa shape index (κ2) is 11.0. The molecule has 1 aromatic rings. The smallest absolute Gasteiger partial charge is 0.261 e. The standard InChI is InChI=1S/C23H32FN3O2S/c1-3-26(4-2)14-13-25-22(28)16-27-19-11-7-8-12-20(19)30-21(23(27)29)15-17-9-5-6-10-18(17)24/h5-6,9-10,15,19-20H,3-4,7-8,11-14,16H2,1-2H3,(H,25,28)/b21-15-. The Morgan fingerprint density at radius 1 is 1.27 bits per heavy atom. The molecule has 1 aromatic carbocycles. The maximum atomic E-state index is 14.1. The van der Waals surface area contributed by atoms with Gasteiger partial charge in [-0.25, -0.2) is 4.39 Å². The number of benzene rings is 1. The number of amides is 2. The first kappa shape index (κ1) is 22.8. The summed E-state index contributed by atoms with van der Waals surface area (Å²) < 4.78 is 14.1. The van der Waals surface area contributed by atoms with Crippen LogP contribution < -0.4 is 5.32 Å². The molecular weight excluding hydrogens is 401 g/mol. The Hall–Kier alpha value is -1.86. The molecule has 1 heterocycles. The summed E-state index contributed by atoms with van der Waals surface area (Å²) >= 11 is 1.55. The Bertz CT molecular complexity index is 781. The molecule has 2 fully saturated rings. The molecule has 164 valence electrons. The largest absolute Gasteiger partial charge is 0.353 e. The highest BCUT2D eigenvalue weighted by atomic mass is 32.2. The molecule has 0 bridgehead atoms. The van der Waals surface area contributed by atoms with E-state index in [0.29, 0.717) is 17.0 Å². The molecule has 0 spiro atoms. The number of hydrogen-bond acceptors (Lipinski definition) is 4. The highest BCUT2D eigenvalue weighted by Gasteiger charge is 2.41. The van der Waals surface area contributed by atoms with E-state index in [-0.39, 0.29) is 35.5 Å². The van der Waals surface area contributed by atoms with E-state index < -0.39 is 0 Å². The first-order valence-electron chi connectivity index (χ1n) is 11.0. The van der Waals surface area contributed by atoms with Crippen LogP contribution in [0.3, 0.4) is 0 Å². The van der Waals surface area contributed by atoms with Gasteiger partial charge in [0.1, 0.15) is 12.4 Å². The molecule has 0 radical (unpaired) electrons. The van der Waals surface area contributed by atoms with E-state index >= 15 is 0 Å². The van der Waals surface area contributed by atoms with Gasteiger partial charge in [-0.15, -0.1) is 11.8 Å². The van der Waals surface area contributed by atoms with Crippen molar-refractivity contribution in [1.29, 1.82) is 0 Å². The lowest BCUT2D eigenvalue weighted by Gasteiger charge is -2.43. The molecule has 2 aliphatic rings. The molecule has 1 N–H and O–H groups in total. The zero-order valence-electron chi connectivity index (χ0n) is 17.9. The van der Waals surface area contributed by atoms with Crippen molar-refractivity contribution in [2.24, 2.45) is 0 Å². The summed E-state index contributed by atoms with van der Waals surface area (Å²) in [6.45, 7) is 7.53. The predicted molar refractivity (Wildman–Crippen MR) is 121 cm³/mol. The Balaban J connectivity index is 1.71. The minimum absolute atomic E-state index is 0.0629. The molecule has 1 saturated heterocycles. The SMILES string of the molecule is CCN(CC)CCNC(=O)CN1C(=O)/C(=C/c2ccccc2F)SC2CCCCC21. The van der Waals surface area contributed by atoms with Gasteiger partial charge < -0.3 is 15.1 Å². The second-order valence-electron chi connectivity index (χ2n) is 7.85. The van der Waals surface area contributed by atoms with Crippen molar-refractivity contribution in [1.82, 2.24) is 15.1 Å². The van der Waals surface area contributed by atoms with Gasteiger partial charge in [-0.2, -0.15) is 0 Å². The Kier molecular flexibility index (Phi) is 8.33. The van der Waals surface area contributed by atoms with Gasteiger partial charge in [0.05, 0.1) is 4.91 Å². The van der Waals surface area contributed by atoms with Crippen LogP contribution >= 0.6 is 11.8 Å². The van der Waals surface area contributed by atoms with Crippen molar-refractivity contribution in [2.75, 3.05) is 32.7 Å². The maximum absolute atomic E-state index is 14.1. The third kappa shape index (κ3) is 5.64. The first-order valence-corrected chi connectivity index (χ1v) is 11.8. The third-order valence-corrected chi connectivity index (χ3v) is 7.37. The van der Waals surface area contributed by atoms with E-state index in [1.807, 2.05) is 0 Å². The third-order valence-electron chi connectivity index (χ3n) is 5.97. The average molecular weight is 434 g/mol. The van der Waals surface area contributed by atoms with E-state index in [9.17, 15) is 14.0 Å². The fourth-order valence-electron chi connectivity index (χ4n) is 4.20. The van der Waals surface area contributed by atoms with Crippen LogP contribution in [0.25, 0.3) is 6.08 Å². The Morgan fingerprint density at radius 3 is 2.73 bits per heavy atom. The number of nitrogens with zero attached hydrogens (tertiary/aromatic N) is 2. The van der Waals surface area contributed by atoms with Crippen molar-refractivity contribution >= 4 is 29.7 Å². The first-order chi connectivity index (χ1) is 14.5. The summed E-state index contributed by atoms with van der Waals surface area (Å²) in [6.07, 6.45) is 5.76.